The van der Waals surface area contributed by atoms with Crippen LogP contribution in [0.4, 0.5) is 5.95 Å². The summed E-state index contributed by atoms with van der Waals surface area (Å²) in [5.74, 6) is -0.0894. The highest BCUT2D eigenvalue weighted by atomic mass is 16.5. The molecular formula is C23H30N4O3. The SMILES string of the molecule is CCOC(=O)C(C)(C)Nc1nc2c(c(-c3c(C)cc(C)cc3C)cn2C)c(=O)n1C. The number of hydrogen-bond acceptors (Lipinski definition) is 5. The minimum Gasteiger partial charge on any atom is -0.464 e. The highest BCUT2D eigenvalue weighted by Gasteiger charge is 2.31. The highest BCUT2D eigenvalue weighted by molar-refractivity contribution is 5.96. The van der Waals surface area contributed by atoms with Gasteiger partial charge in [0, 0.05) is 25.9 Å². The topological polar surface area (TPSA) is 78.2 Å². The van der Waals surface area contributed by atoms with Crippen molar-refractivity contribution in [2.45, 2.75) is 47.1 Å². The highest BCUT2D eigenvalue weighted by Crippen LogP contribution is 2.33. The van der Waals surface area contributed by atoms with E-state index < -0.39 is 11.5 Å². The van der Waals surface area contributed by atoms with E-state index in [-0.39, 0.29) is 12.2 Å². The standard InChI is InChI=1S/C23H30N4O3/c1-9-30-21(29)23(5,6)25-22-24-19-18(20(28)27(22)8)16(12-26(19)7)17-14(3)10-13(2)11-15(17)4/h10-12H,9H2,1-8H3,(H,24,25). The number of aromatic nitrogens is 3. The predicted molar refractivity (Wildman–Crippen MR) is 120 cm³/mol. The van der Waals surface area contributed by atoms with Crippen LogP contribution in [0.2, 0.25) is 0 Å². The van der Waals surface area contributed by atoms with E-state index in [1.807, 2.05) is 17.8 Å². The first-order valence-electron chi connectivity index (χ1n) is 10.1. The fraction of sp³-hybridized carbons (Fsp3) is 0.435. The lowest BCUT2D eigenvalue weighted by Crippen LogP contribution is -2.43. The number of carbonyl (C=O) groups excluding carboxylic acids is 1. The first-order chi connectivity index (χ1) is 14.0. The van der Waals surface area contributed by atoms with E-state index in [4.69, 9.17) is 9.72 Å². The van der Waals surface area contributed by atoms with Crippen LogP contribution in [0.15, 0.2) is 23.1 Å². The van der Waals surface area contributed by atoms with Crippen LogP contribution in [0.1, 0.15) is 37.5 Å². The van der Waals surface area contributed by atoms with Crippen molar-refractivity contribution in [2.24, 2.45) is 14.1 Å². The van der Waals surface area contributed by atoms with E-state index in [1.165, 1.54) is 10.1 Å². The van der Waals surface area contributed by atoms with Gasteiger partial charge in [0.05, 0.1) is 12.0 Å². The van der Waals surface area contributed by atoms with E-state index in [9.17, 15) is 9.59 Å². The lowest BCUT2D eigenvalue weighted by atomic mass is 9.94. The predicted octanol–water partition coefficient (Wildman–Crippen LogP) is 3.62. The van der Waals surface area contributed by atoms with Gasteiger partial charge in [-0.1, -0.05) is 17.7 Å². The van der Waals surface area contributed by atoms with Crippen molar-refractivity contribution in [3.63, 3.8) is 0 Å². The minimum atomic E-state index is -1.03. The summed E-state index contributed by atoms with van der Waals surface area (Å²) in [4.78, 5) is 30.4. The zero-order chi connectivity index (χ0) is 22.4. The van der Waals surface area contributed by atoms with Crippen molar-refractivity contribution in [3.05, 3.63) is 45.4 Å². The molecule has 2 aromatic heterocycles. The van der Waals surface area contributed by atoms with Crippen molar-refractivity contribution >= 4 is 23.0 Å². The van der Waals surface area contributed by atoms with Gasteiger partial charge in [0.25, 0.3) is 5.56 Å². The monoisotopic (exact) mass is 410 g/mol. The Balaban J connectivity index is 2.21. The second kappa shape index (κ2) is 7.63. The van der Waals surface area contributed by atoms with Crippen molar-refractivity contribution in [3.8, 4) is 11.1 Å². The van der Waals surface area contributed by atoms with Crippen LogP contribution in [0, 0.1) is 20.8 Å². The van der Waals surface area contributed by atoms with Crippen LogP contribution >= 0.6 is 0 Å². The van der Waals surface area contributed by atoms with Gasteiger partial charge in [-0.25, -0.2) is 4.79 Å². The molecule has 0 radical (unpaired) electrons. The molecule has 0 saturated heterocycles. The third-order valence-electron chi connectivity index (χ3n) is 5.35. The Labute approximate surface area is 176 Å². The normalized spacial score (nSPS) is 11.7. The summed E-state index contributed by atoms with van der Waals surface area (Å²) in [6.45, 7) is 11.6. The number of nitrogens with zero attached hydrogens (tertiary/aromatic N) is 3. The molecule has 0 unspecified atom stereocenters. The van der Waals surface area contributed by atoms with Crippen molar-refractivity contribution in [1.82, 2.24) is 14.1 Å². The fourth-order valence-corrected chi connectivity index (χ4v) is 3.95. The third kappa shape index (κ3) is 3.60. The summed E-state index contributed by atoms with van der Waals surface area (Å²) in [7, 11) is 3.53. The first-order valence-corrected chi connectivity index (χ1v) is 10.1. The number of hydrogen-bond donors (Lipinski definition) is 1. The molecule has 0 spiro atoms. The second-order valence-electron chi connectivity index (χ2n) is 8.40. The zero-order valence-corrected chi connectivity index (χ0v) is 19.0. The molecule has 0 atom stereocenters. The van der Waals surface area contributed by atoms with Crippen molar-refractivity contribution in [1.29, 1.82) is 0 Å². The fourth-order valence-electron chi connectivity index (χ4n) is 3.95. The largest absolute Gasteiger partial charge is 0.464 e. The second-order valence-corrected chi connectivity index (χ2v) is 8.40. The molecule has 0 bridgehead atoms. The Morgan fingerprint density at radius 2 is 1.77 bits per heavy atom. The summed E-state index contributed by atoms with van der Waals surface area (Å²) in [6, 6.07) is 4.24. The van der Waals surface area contributed by atoms with E-state index in [1.54, 1.807) is 27.8 Å². The van der Waals surface area contributed by atoms with Crippen LogP contribution in [-0.2, 0) is 23.6 Å². The number of fused-ring (bicyclic) bond motifs is 1. The molecule has 7 nitrogen and oxygen atoms in total. The van der Waals surface area contributed by atoms with Crippen molar-refractivity contribution in [2.75, 3.05) is 11.9 Å². The average molecular weight is 411 g/mol. The maximum Gasteiger partial charge on any atom is 0.331 e. The number of aryl methyl sites for hydroxylation is 4. The summed E-state index contributed by atoms with van der Waals surface area (Å²) in [6.07, 6.45) is 1.95. The van der Waals surface area contributed by atoms with Gasteiger partial charge in [0.15, 0.2) is 0 Å². The molecule has 0 aliphatic rings. The number of rotatable bonds is 5. The molecule has 1 aromatic carbocycles. The summed E-state index contributed by atoms with van der Waals surface area (Å²) in [5.41, 5.74) is 4.71. The molecular weight excluding hydrogens is 380 g/mol. The Morgan fingerprint density at radius 1 is 1.17 bits per heavy atom. The van der Waals surface area contributed by atoms with Gasteiger partial charge < -0.3 is 14.6 Å². The molecule has 30 heavy (non-hydrogen) atoms. The molecule has 160 valence electrons. The smallest absolute Gasteiger partial charge is 0.331 e. The number of nitrogens with one attached hydrogen (secondary N) is 1. The maximum absolute atomic E-state index is 13.4. The molecule has 0 aliphatic heterocycles. The lowest BCUT2D eigenvalue weighted by molar-refractivity contribution is -0.147. The molecule has 0 fully saturated rings. The first kappa shape index (κ1) is 21.6. The third-order valence-corrected chi connectivity index (χ3v) is 5.35. The average Bonchev–Trinajstić information content (AvgIpc) is 2.94. The molecule has 0 saturated carbocycles. The molecule has 3 aromatic rings. The molecule has 3 rings (SSSR count). The van der Waals surface area contributed by atoms with Crippen LogP contribution < -0.4 is 10.9 Å². The molecule has 0 aliphatic carbocycles. The van der Waals surface area contributed by atoms with Crippen LogP contribution in [0.25, 0.3) is 22.2 Å². The molecule has 0 amide bonds. The summed E-state index contributed by atoms with van der Waals surface area (Å²) in [5, 5.41) is 3.64. The minimum absolute atomic E-state index is 0.169. The Bertz CT molecular complexity index is 1180. The Hall–Kier alpha value is -3.09. The van der Waals surface area contributed by atoms with Gasteiger partial charge in [-0.3, -0.25) is 9.36 Å². The van der Waals surface area contributed by atoms with Crippen molar-refractivity contribution < 1.29 is 9.53 Å². The quantitative estimate of drug-likeness (QED) is 0.650. The number of carbonyl (C=O) groups is 1. The van der Waals surface area contributed by atoms with E-state index in [0.717, 1.165) is 22.3 Å². The van der Waals surface area contributed by atoms with Gasteiger partial charge in [0.2, 0.25) is 5.95 Å². The van der Waals surface area contributed by atoms with Gasteiger partial charge >= 0.3 is 5.97 Å². The van der Waals surface area contributed by atoms with E-state index in [0.29, 0.717) is 17.0 Å². The molecule has 1 N–H and O–H groups in total. The maximum atomic E-state index is 13.4. The Kier molecular flexibility index (Phi) is 5.50. The number of esters is 1. The number of benzene rings is 1. The van der Waals surface area contributed by atoms with E-state index in [2.05, 4.69) is 38.2 Å². The van der Waals surface area contributed by atoms with E-state index >= 15 is 0 Å². The summed E-state index contributed by atoms with van der Waals surface area (Å²) < 4.78 is 8.44. The Morgan fingerprint density at radius 3 is 2.33 bits per heavy atom. The number of anilines is 1. The zero-order valence-electron chi connectivity index (χ0n) is 19.0. The van der Waals surface area contributed by atoms with Gasteiger partial charge in [-0.2, -0.15) is 4.98 Å². The van der Waals surface area contributed by atoms with Crippen LogP contribution in [-0.4, -0.2) is 32.2 Å². The van der Waals surface area contributed by atoms with Crippen LogP contribution in [0.3, 0.4) is 0 Å². The lowest BCUT2D eigenvalue weighted by Gasteiger charge is -2.25. The van der Waals surface area contributed by atoms with Gasteiger partial charge in [-0.15, -0.1) is 0 Å². The molecule has 2 heterocycles. The number of ether oxygens (including phenoxy) is 1. The summed E-state index contributed by atoms with van der Waals surface area (Å²) >= 11 is 0. The van der Waals surface area contributed by atoms with Crippen LogP contribution in [0.5, 0.6) is 0 Å². The molecule has 7 heteroatoms. The van der Waals surface area contributed by atoms with Gasteiger partial charge in [-0.05, 0) is 58.2 Å². The van der Waals surface area contributed by atoms with Gasteiger partial charge in [0.1, 0.15) is 11.2 Å².